The molecule has 0 unspecified atom stereocenters. The molecule has 0 spiro atoms. The topological polar surface area (TPSA) is 157 Å². The van der Waals surface area contributed by atoms with Gasteiger partial charge in [-0.05, 0) is 49.8 Å². The predicted octanol–water partition coefficient (Wildman–Crippen LogP) is 2.65. The Morgan fingerprint density at radius 2 is 1.53 bits per heavy atom. The number of aliphatic carboxylic acids is 1. The van der Waals surface area contributed by atoms with E-state index in [1.165, 1.54) is 0 Å². The van der Waals surface area contributed by atoms with Crippen LogP contribution in [0, 0.1) is 10.8 Å². The van der Waals surface area contributed by atoms with Gasteiger partial charge in [-0.3, -0.25) is 19.8 Å². The van der Waals surface area contributed by atoms with Gasteiger partial charge in [-0.1, -0.05) is 54.6 Å². The molecule has 0 saturated carbocycles. The highest BCUT2D eigenvalue weighted by molar-refractivity contribution is 5.88. The molecule has 0 aliphatic rings. The van der Waals surface area contributed by atoms with Crippen LogP contribution in [-0.4, -0.2) is 48.0 Å². The second-order valence-corrected chi connectivity index (χ2v) is 9.41. The second kappa shape index (κ2) is 13.9. The summed E-state index contributed by atoms with van der Waals surface area (Å²) in [5.41, 5.74) is 7.26. The van der Waals surface area contributed by atoms with Crippen LogP contribution in [0.3, 0.4) is 0 Å². The first kappa shape index (κ1) is 28.4. The van der Waals surface area contributed by atoms with Gasteiger partial charge in [0, 0.05) is 25.9 Å². The van der Waals surface area contributed by atoms with E-state index in [2.05, 4.69) is 16.0 Å². The Hall–Kier alpha value is -3.88. The van der Waals surface area contributed by atoms with Gasteiger partial charge in [0.25, 0.3) is 0 Å². The normalized spacial score (nSPS) is 11.8. The van der Waals surface area contributed by atoms with E-state index < -0.39 is 17.4 Å². The quantitative estimate of drug-likeness (QED) is 0.134. The third kappa shape index (κ3) is 9.77. The summed E-state index contributed by atoms with van der Waals surface area (Å²) in [5.74, 6) is -1.72. The Balaban J connectivity index is 2.01. The first-order valence-corrected chi connectivity index (χ1v) is 12.1. The Bertz CT molecular complexity index is 1020. The van der Waals surface area contributed by atoms with Crippen molar-refractivity contribution in [2.75, 3.05) is 13.1 Å². The number of carboxylic acid groups (broad SMARTS) is 1. The number of hydrogen-bond donors (Lipinski definition) is 6. The largest absolute Gasteiger partial charge is 0.481 e. The fourth-order valence-electron chi connectivity index (χ4n) is 3.52. The summed E-state index contributed by atoms with van der Waals surface area (Å²) in [6.07, 6.45) is 1.89. The maximum atomic E-state index is 12.9. The number of carbonyl (C=O) groups is 3. The molecule has 9 nitrogen and oxygen atoms in total. The third-order valence-corrected chi connectivity index (χ3v) is 5.93. The SMILES string of the molecule is CC(C)(CCC(=O)N[C@@H](Cc1ccc(-c2ccccc2)cc1)C(=O)NCCCCNC(=N)N)C(=O)O. The van der Waals surface area contributed by atoms with Gasteiger partial charge in [0.2, 0.25) is 11.8 Å². The molecule has 1 atom stereocenters. The van der Waals surface area contributed by atoms with Crippen molar-refractivity contribution in [2.24, 2.45) is 11.1 Å². The zero-order chi connectivity index (χ0) is 26.6. The molecule has 0 radical (unpaired) electrons. The first-order chi connectivity index (χ1) is 17.1. The van der Waals surface area contributed by atoms with Crippen LogP contribution in [-0.2, 0) is 20.8 Å². The Morgan fingerprint density at radius 1 is 0.944 bits per heavy atom. The fraction of sp³-hybridized carbons (Fsp3) is 0.407. The number of carbonyl (C=O) groups excluding carboxylic acids is 2. The molecule has 0 aromatic heterocycles. The van der Waals surface area contributed by atoms with Gasteiger partial charge in [0.05, 0.1) is 5.41 Å². The zero-order valence-electron chi connectivity index (χ0n) is 21.0. The number of hydrogen-bond acceptors (Lipinski definition) is 4. The molecular formula is C27H37N5O4. The standard InChI is InChI=1S/C27H37N5O4/c1-27(2,25(35)36)15-14-23(33)32-22(24(34)30-16-6-7-17-31-26(28)29)18-19-10-12-21(13-11-19)20-8-4-3-5-9-20/h3-5,8-13,22H,6-7,14-18H2,1-2H3,(H,30,34)(H,32,33)(H,35,36)(H4,28,29,31)/t22-/m0/s1. The van der Waals surface area contributed by atoms with E-state index >= 15 is 0 Å². The third-order valence-electron chi connectivity index (χ3n) is 5.93. The summed E-state index contributed by atoms with van der Waals surface area (Å²) < 4.78 is 0. The maximum Gasteiger partial charge on any atom is 0.309 e. The van der Waals surface area contributed by atoms with Gasteiger partial charge in [0.1, 0.15) is 6.04 Å². The van der Waals surface area contributed by atoms with Crippen molar-refractivity contribution in [2.45, 2.75) is 52.0 Å². The number of guanidine groups is 1. The molecule has 0 fully saturated rings. The van der Waals surface area contributed by atoms with Crippen LogP contribution >= 0.6 is 0 Å². The van der Waals surface area contributed by atoms with E-state index in [1.807, 2.05) is 54.6 Å². The van der Waals surface area contributed by atoms with Crippen molar-refractivity contribution >= 4 is 23.7 Å². The molecule has 2 aromatic rings. The van der Waals surface area contributed by atoms with Crippen LogP contribution in [0.4, 0.5) is 0 Å². The molecule has 2 rings (SSSR count). The van der Waals surface area contributed by atoms with E-state index in [-0.39, 0.29) is 30.6 Å². The molecule has 2 amide bonds. The molecular weight excluding hydrogens is 458 g/mol. The number of amides is 2. The molecule has 36 heavy (non-hydrogen) atoms. The lowest BCUT2D eigenvalue weighted by Gasteiger charge is -2.21. The van der Waals surface area contributed by atoms with Crippen LogP contribution in [0.5, 0.6) is 0 Å². The molecule has 0 saturated heterocycles. The van der Waals surface area contributed by atoms with E-state index in [0.717, 1.165) is 23.1 Å². The van der Waals surface area contributed by atoms with Gasteiger partial charge in [-0.15, -0.1) is 0 Å². The molecule has 9 heteroatoms. The minimum atomic E-state index is -1.03. The van der Waals surface area contributed by atoms with Gasteiger partial charge in [0.15, 0.2) is 5.96 Å². The number of carboxylic acids is 1. The van der Waals surface area contributed by atoms with Gasteiger partial charge in [-0.25, -0.2) is 0 Å². The van der Waals surface area contributed by atoms with Gasteiger partial charge >= 0.3 is 5.97 Å². The van der Waals surface area contributed by atoms with Crippen molar-refractivity contribution in [3.05, 3.63) is 60.2 Å². The van der Waals surface area contributed by atoms with Gasteiger partial charge in [-0.2, -0.15) is 0 Å². The smallest absolute Gasteiger partial charge is 0.309 e. The van der Waals surface area contributed by atoms with Crippen LogP contribution in [0.15, 0.2) is 54.6 Å². The predicted molar refractivity (Wildman–Crippen MR) is 140 cm³/mol. The molecule has 194 valence electrons. The lowest BCUT2D eigenvalue weighted by Crippen LogP contribution is -2.48. The number of unbranched alkanes of at least 4 members (excludes halogenated alkanes) is 1. The van der Waals surface area contributed by atoms with Crippen LogP contribution < -0.4 is 21.7 Å². The number of nitrogens with one attached hydrogen (secondary N) is 4. The highest BCUT2D eigenvalue weighted by Gasteiger charge is 2.28. The van der Waals surface area contributed by atoms with Gasteiger partial charge < -0.3 is 26.8 Å². The lowest BCUT2D eigenvalue weighted by atomic mass is 9.88. The van der Waals surface area contributed by atoms with E-state index in [4.69, 9.17) is 11.1 Å². The Morgan fingerprint density at radius 3 is 2.11 bits per heavy atom. The highest BCUT2D eigenvalue weighted by Crippen LogP contribution is 2.22. The van der Waals surface area contributed by atoms with Crippen molar-refractivity contribution < 1.29 is 19.5 Å². The summed E-state index contributed by atoms with van der Waals surface area (Å²) in [6, 6.07) is 17.0. The zero-order valence-corrected chi connectivity index (χ0v) is 21.0. The van der Waals surface area contributed by atoms with Crippen molar-refractivity contribution in [1.29, 1.82) is 5.41 Å². The Kier molecular flexibility index (Phi) is 10.9. The molecule has 0 heterocycles. The van der Waals surface area contributed by atoms with Crippen LogP contribution in [0.2, 0.25) is 0 Å². The summed E-state index contributed by atoms with van der Waals surface area (Å²) in [5, 5.41) is 24.8. The number of rotatable bonds is 14. The molecule has 0 aliphatic heterocycles. The van der Waals surface area contributed by atoms with Crippen molar-refractivity contribution in [3.8, 4) is 11.1 Å². The summed E-state index contributed by atoms with van der Waals surface area (Å²) >= 11 is 0. The molecule has 2 aromatic carbocycles. The monoisotopic (exact) mass is 495 g/mol. The lowest BCUT2D eigenvalue weighted by molar-refractivity contribution is -0.147. The maximum absolute atomic E-state index is 12.9. The fourth-order valence-corrected chi connectivity index (χ4v) is 3.52. The average Bonchev–Trinajstić information content (AvgIpc) is 2.85. The minimum Gasteiger partial charge on any atom is -0.481 e. The summed E-state index contributed by atoms with van der Waals surface area (Å²) in [6.45, 7) is 4.10. The summed E-state index contributed by atoms with van der Waals surface area (Å²) in [4.78, 5) is 36.9. The van der Waals surface area contributed by atoms with Crippen LogP contribution in [0.25, 0.3) is 11.1 Å². The minimum absolute atomic E-state index is 0.00669. The highest BCUT2D eigenvalue weighted by atomic mass is 16.4. The van der Waals surface area contributed by atoms with E-state index in [0.29, 0.717) is 25.9 Å². The number of nitrogens with two attached hydrogens (primary N) is 1. The Labute approximate surface area is 212 Å². The van der Waals surface area contributed by atoms with Crippen LogP contribution in [0.1, 0.15) is 45.1 Å². The molecule has 0 aliphatic carbocycles. The van der Waals surface area contributed by atoms with E-state index in [9.17, 15) is 19.5 Å². The molecule has 7 N–H and O–H groups in total. The first-order valence-electron chi connectivity index (χ1n) is 12.1. The second-order valence-electron chi connectivity index (χ2n) is 9.41. The summed E-state index contributed by atoms with van der Waals surface area (Å²) in [7, 11) is 0. The molecule has 0 bridgehead atoms. The number of benzene rings is 2. The van der Waals surface area contributed by atoms with Crippen molar-refractivity contribution in [1.82, 2.24) is 16.0 Å². The van der Waals surface area contributed by atoms with Crippen molar-refractivity contribution in [3.63, 3.8) is 0 Å². The van der Waals surface area contributed by atoms with E-state index in [1.54, 1.807) is 13.8 Å². The average molecular weight is 496 g/mol.